The Morgan fingerprint density at radius 1 is 1.21 bits per heavy atom. The lowest BCUT2D eigenvalue weighted by atomic mass is 10.1. The minimum Gasteiger partial charge on any atom is -0.492 e. The maximum atomic E-state index is 13.2. The molecule has 0 N–H and O–H groups in total. The van der Waals surface area contributed by atoms with E-state index in [0.717, 1.165) is 6.07 Å². The zero-order valence-electron chi connectivity index (χ0n) is 9.57. The van der Waals surface area contributed by atoms with Crippen molar-refractivity contribution in [3.8, 4) is 5.75 Å². The largest absolute Gasteiger partial charge is 0.492 e. The second kappa shape index (κ2) is 6.37. The predicted molar refractivity (Wildman–Crippen MR) is 67.2 cm³/mol. The Bertz CT molecular complexity index is 454. The first-order chi connectivity index (χ1) is 8.71. The monoisotopic (exact) mass is 338 g/mol. The number of rotatable bonds is 5. The van der Waals surface area contributed by atoms with Crippen molar-refractivity contribution in [1.82, 2.24) is 0 Å². The average molecular weight is 340 g/mol. The molecule has 0 heterocycles. The fourth-order valence-corrected chi connectivity index (χ4v) is 2.14. The summed E-state index contributed by atoms with van der Waals surface area (Å²) in [5.74, 6) is -4.25. The summed E-state index contributed by atoms with van der Waals surface area (Å²) in [5, 5.41) is -2.53. The van der Waals surface area contributed by atoms with Gasteiger partial charge in [0.2, 0.25) is 0 Å². The third-order valence-electron chi connectivity index (χ3n) is 2.25. The van der Waals surface area contributed by atoms with Crippen molar-refractivity contribution >= 4 is 34.8 Å². The van der Waals surface area contributed by atoms with E-state index in [1.807, 2.05) is 0 Å². The zero-order chi connectivity index (χ0) is 14.8. The van der Waals surface area contributed by atoms with E-state index >= 15 is 0 Å². The molecule has 108 valence electrons. The van der Waals surface area contributed by atoms with Crippen LogP contribution in [0.4, 0.5) is 17.6 Å². The van der Waals surface area contributed by atoms with Crippen molar-refractivity contribution in [2.45, 2.75) is 24.6 Å². The Kier molecular flexibility index (Phi) is 5.59. The summed E-state index contributed by atoms with van der Waals surface area (Å²) in [7, 11) is 0. The summed E-state index contributed by atoms with van der Waals surface area (Å²) in [6.07, 6.45) is -3.91. The molecular formula is C11H9Cl3F4O. The molecule has 0 aromatic heterocycles. The smallest absolute Gasteiger partial charge is 0.327 e. The van der Waals surface area contributed by atoms with Crippen molar-refractivity contribution in [1.29, 1.82) is 0 Å². The van der Waals surface area contributed by atoms with Crippen LogP contribution < -0.4 is 4.74 Å². The van der Waals surface area contributed by atoms with Gasteiger partial charge >= 0.3 is 12.3 Å². The molecule has 0 amide bonds. The molecular weight excluding hydrogens is 330 g/mol. The Labute approximate surface area is 122 Å². The van der Waals surface area contributed by atoms with Crippen molar-refractivity contribution in [2.24, 2.45) is 0 Å². The van der Waals surface area contributed by atoms with E-state index < -0.39 is 17.7 Å². The van der Waals surface area contributed by atoms with Crippen LogP contribution in [0.25, 0.3) is 0 Å². The van der Waals surface area contributed by atoms with E-state index in [1.165, 1.54) is 6.07 Å². The van der Waals surface area contributed by atoms with E-state index in [2.05, 4.69) is 0 Å². The maximum Gasteiger partial charge on any atom is 0.327 e. The summed E-state index contributed by atoms with van der Waals surface area (Å²) in [6.45, 7) is 1.97. The lowest BCUT2D eigenvalue weighted by molar-refractivity contribution is -0.130. The highest BCUT2D eigenvalue weighted by atomic mass is 35.5. The lowest BCUT2D eigenvalue weighted by Gasteiger charge is -2.22. The molecule has 0 fully saturated rings. The summed E-state index contributed by atoms with van der Waals surface area (Å²) in [5.41, 5.74) is -0.373. The summed E-state index contributed by atoms with van der Waals surface area (Å²) in [6, 6.07) is 2.17. The van der Waals surface area contributed by atoms with Crippen LogP contribution in [0.5, 0.6) is 5.75 Å². The van der Waals surface area contributed by atoms with Gasteiger partial charge in [0.1, 0.15) is 11.1 Å². The standard InChI is InChI=1S/C11H9Cl3F4O/c1-2-19-8-4-6(12)5(3-7(8)13)9(14)11(17,18)10(15)16/h3-4,9-10H,2H2,1H3. The fraction of sp³-hybridized carbons (Fsp3) is 0.455. The van der Waals surface area contributed by atoms with E-state index in [-0.39, 0.29) is 28.0 Å². The Balaban J connectivity index is 3.18. The first-order valence-electron chi connectivity index (χ1n) is 5.13. The zero-order valence-corrected chi connectivity index (χ0v) is 11.8. The van der Waals surface area contributed by atoms with Crippen LogP contribution in [0.1, 0.15) is 17.9 Å². The molecule has 1 aromatic carbocycles. The molecule has 1 unspecified atom stereocenters. The molecule has 1 nitrogen and oxygen atoms in total. The second-order valence-corrected chi connectivity index (χ2v) is 4.83. The van der Waals surface area contributed by atoms with Gasteiger partial charge in [-0.3, -0.25) is 0 Å². The van der Waals surface area contributed by atoms with Crippen LogP contribution in [0.15, 0.2) is 12.1 Å². The van der Waals surface area contributed by atoms with Gasteiger partial charge in [0.05, 0.1) is 11.6 Å². The number of benzene rings is 1. The van der Waals surface area contributed by atoms with Crippen LogP contribution in [-0.4, -0.2) is 19.0 Å². The third-order valence-corrected chi connectivity index (χ3v) is 3.40. The third kappa shape index (κ3) is 3.58. The summed E-state index contributed by atoms with van der Waals surface area (Å²) in [4.78, 5) is 0. The normalized spacial score (nSPS) is 13.7. The molecule has 0 spiro atoms. The summed E-state index contributed by atoms with van der Waals surface area (Å²) >= 11 is 16.9. The topological polar surface area (TPSA) is 9.23 Å². The molecule has 0 saturated heterocycles. The molecule has 0 radical (unpaired) electrons. The highest BCUT2D eigenvalue weighted by molar-refractivity contribution is 6.35. The van der Waals surface area contributed by atoms with Gasteiger partial charge < -0.3 is 4.74 Å². The first kappa shape index (κ1) is 16.7. The average Bonchev–Trinajstić information content (AvgIpc) is 2.32. The van der Waals surface area contributed by atoms with Crippen LogP contribution in [0.3, 0.4) is 0 Å². The highest BCUT2D eigenvalue weighted by Crippen LogP contribution is 2.45. The van der Waals surface area contributed by atoms with E-state index in [9.17, 15) is 17.6 Å². The highest BCUT2D eigenvalue weighted by Gasteiger charge is 2.49. The van der Waals surface area contributed by atoms with Gasteiger partial charge in [-0.05, 0) is 18.6 Å². The Morgan fingerprint density at radius 3 is 2.26 bits per heavy atom. The molecule has 1 rings (SSSR count). The maximum absolute atomic E-state index is 13.2. The van der Waals surface area contributed by atoms with Gasteiger partial charge in [0.15, 0.2) is 0 Å². The molecule has 1 atom stereocenters. The van der Waals surface area contributed by atoms with Crippen LogP contribution in [0, 0.1) is 0 Å². The van der Waals surface area contributed by atoms with Crippen molar-refractivity contribution in [3.63, 3.8) is 0 Å². The summed E-state index contributed by atoms with van der Waals surface area (Å²) < 4.78 is 55.9. The number of halogens is 7. The van der Waals surface area contributed by atoms with Crippen molar-refractivity contribution < 1.29 is 22.3 Å². The quantitative estimate of drug-likeness (QED) is 0.503. The molecule has 0 aliphatic rings. The Hall–Kier alpha value is -0.390. The second-order valence-electron chi connectivity index (χ2n) is 3.57. The molecule has 0 aliphatic carbocycles. The van der Waals surface area contributed by atoms with Crippen LogP contribution in [0.2, 0.25) is 10.0 Å². The van der Waals surface area contributed by atoms with Gasteiger partial charge in [-0.25, -0.2) is 8.78 Å². The van der Waals surface area contributed by atoms with Gasteiger partial charge in [0, 0.05) is 11.1 Å². The molecule has 0 aliphatic heterocycles. The minimum atomic E-state index is -4.42. The minimum absolute atomic E-state index is 0.0306. The Morgan fingerprint density at radius 2 is 1.79 bits per heavy atom. The van der Waals surface area contributed by atoms with E-state index in [0.29, 0.717) is 0 Å². The van der Waals surface area contributed by atoms with E-state index in [1.54, 1.807) is 6.92 Å². The fourth-order valence-electron chi connectivity index (χ4n) is 1.32. The SMILES string of the molecule is CCOc1cc(Cl)c(C(Cl)C(F)(F)C(F)F)cc1Cl. The van der Waals surface area contributed by atoms with Crippen molar-refractivity contribution in [3.05, 3.63) is 27.7 Å². The van der Waals surface area contributed by atoms with Gasteiger partial charge in [-0.15, -0.1) is 11.6 Å². The number of alkyl halides is 5. The number of hydrogen-bond acceptors (Lipinski definition) is 1. The predicted octanol–water partition coefficient (Wildman–Crippen LogP) is 5.57. The molecule has 8 heteroatoms. The first-order valence-corrected chi connectivity index (χ1v) is 6.32. The molecule has 0 saturated carbocycles. The molecule has 19 heavy (non-hydrogen) atoms. The van der Waals surface area contributed by atoms with Crippen LogP contribution in [-0.2, 0) is 0 Å². The number of hydrogen-bond donors (Lipinski definition) is 0. The van der Waals surface area contributed by atoms with E-state index in [4.69, 9.17) is 39.5 Å². The van der Waals surface area contributed by atoms with Crippen LogP contribution >= 0.6 is 34.8 Å². The van der Waals surface area contributed by atoms with Gasteiger partial charge in [0.25, 0.3) is 0 Å². The number of ether oxygens (including phenoxy) is 1. The van der Waals surface area contributed by atoms with Gasteiger partial charge in [-0.1, -0.05) is 23.2 Å². The van der Waals surface area contributed by atoms with Crippen molar-refractivity contribution in [2.75, 3.05) is 6.61 Å². The molecule has 1 aromatic rings. The lowest BCUT2D eigenvalue weighted by Crippen LogP contribution is -2.31. The molecule has 0 bridgehead atoms. The van der Waals surface area contributed by atoms with Gasteiger partial charge in [-0.2, -0.15) is 8.78 Å².